The molecule has 14 heavy (non-hydrogen) atoms. The summed E-state index contributed by atoms with van der Waals surface area (Å²) in [6.07, 6.45) is 4.37. The van der Waals surface area contributed by atoms with Crippen LogP contribution in [-0.2, 0) is 23.2 Å². The minimum atomic E-state index is 0.230. The molecule has 73 valence electrons. The Labute approximate surface area is 99.0 Å². The van der Waals surface area contributed by atoms with Crippen LogP contribution >= 0.6 is 0 Å². The van der Waals surface area contributed by atoms with Crippen molar-refractivity contribution in [3.8, 4) is 0 Å². The standard InChI is InChI=1S/C11H11.2CH3.Zr/c1-8-4-3-5-10-9(2)6-7-11(8)10;;;/h3-7H,1-2H3;2*1H3;. The third kappa shape index (κ3) is 2.67. The van der Waals surface area contributed by atoms with E-state index in [1.54, 1.807) is 0 Å². The molecule has 0 bridgehead atoms. The summed E-state index contributed by atoms with van der Waals surface area (Å²) < 4.78 is 4.59. The fourth-order valence-corrected chi connectivity index (χ4v) is 1.54. The minimum absolute atomic E-state index is 0.230. The van der Waals surface area contributed by atoms with Gasteiger partial charge in [-0.2, -0.15) is 0 Å². The number of aryl methyl sites for hydroxylation is 1. The third-order valence-electron chi connectivity index (χ3n) is 2.25. The van der Waals surface area contributed by atoms with Crippen LogP contribution in [0.4, 0.5) is 0 Å². The van der Waals surface area contributed by atoms with Gasteiger partial charge in [-0.3, -0.25) is 0 Å². The second-order valence-electron chi connectivity index (χ2n) is 3.55. The van der Waals surface area contributed by atoms with E-state index in [2.05, 4.69) is 53.5 Å². The van der Waals surface area contributed by atoms with Gasteiger partial charge in [0.2, 0.25) is 0 Å². The number of allylic oxidation sites excluding steroid dienone is 1. The molecule has 1 radical (unpaired) electrons. The molecule has 1 aromatic rings. The van der Waals surface area contributed by atoms with Crippen molar-refractivity contribution < 1.29 is 23.2 Å². The average molecular weight is 265 g/mol. The van der Waals surface area contributed by atoms with Crippen LogP contribution in [0.15, 0.2) is 24.3 Å². The quantitative estimate of drug-likeness (QED) is 0.661. The van der Waals surface area contributed by atoms with Crippen molar-refractivity contribution in [1.82, 2.24) is 0 Å². The Kier molecular flexibility index (Phi) is 4.82. The molecule has 0 N–H and O–H groups in total. The second kappa shape index (κ2) is 5.66. The van der Waals surface area contributed by atoms with Crippen molar-refractivity contribution in [1.29, 1.82) is 0 Å². The van der Waals surface area contributed by atoms with E-state index in [9.17, 15) is 0 Å². The van der Waals surface area contributed by atoms with Crippen molar-refractivity contribution in [3.05, 3.63) is 46.9 Å². The van der Waals surface area contributed by atoms with Crippen molar-refractivity contribution >= 4 is 6.08 Å². The zero-order valence-electron chi connectivity index (χ0n) is 9.39. The zero-order chi connectivity index (χ0) is 10.6. The Balaban J connectivity index is 0.000000293. The third-order valence-corrected chi connectivity index (χ3v) is 2.25. The monoisotopic (exact) mass is 263 g/mol. The molecule has 1 aliphatic carbocycles. The van der Waals surface area contributed by atoms with Crippen LogP contribution in [0.1, 0.15) is 23.6 Å². The molecule has 0 spiro atoms. The molecule has 0 unspecified atom stereocenters. The van der Waals surface area contributed by atoms with Crippen LogP contribution in [0.2, 0.25) is 9.26 Å². The first-order valence-corrected chi connectivity index (χ1v) is 9.82. The first-order valence-electron chi connectivity index (χ1n) is 4.90. The molecule has 2 rings (SSSR count). The predicted octanol–water partition coefficient (Wildman–Crippen LogP) is 4.13. The van der Waals surface area contributed by atoms with Crippen LogP contribution in [0.3, 0.4) is 0 Å². The molecule has 1 aromatic carbocycles. The van der Waals surface area contributed by atoms with E-state index in [1.807, 2.05) is 0 Å². The summed E-state index contributed by atoms with van der Waals surface area (Å²) >= 11 is 0.230. The van der Waals surface area contributed by atoms with Crippen LogP contribution < -0.4 is 0 Å². The SMILES string of the molecule is C[C]1C=Cc2c(C)cccc21.[CH3][Zr][CH3]. The number of hydrogen-bond acceptors (Lipinski definition) is 0. The van der Waals surface area contributed by atoms with E-state index < -0.39 is 0 Å². The summed E-state index contributed by atoms with van der Waals surface area (Å²) in [6.45, 7) is 4.31. The topological polar surface area (TPSA) is 0 Å². The number of hydrogen-bond donors (Lipinski definition) is 0. The molecule has 0 aromatic heterocycles. The summed E-state index contributed by atoms with van der Waals surface area (Å²) in [7, 11) is 0. The Morgan fingerprint density at radius 2 is 1.64 bits per heavy atom. The fraction of sp³-hybridized carbons (Fsp3) is 0.308. The Morgan fingerprint density at radius 3 is 2.21 bits per heavy atom. The molecule has 1 aliphatic rings. The van der Waals surface area contributed by atoms with Gasteiger partial charge in [-0.15, -0.1) is 0 Å². The Morgan fingerprint density at radius 1 is 1.00 bits per heavy atom. The molecule has 0 saturated carbocycles. The van der Waals surface area contributed by atoms with Crippen molar-refractivity contribution in [2.24, 2.45) is 0 Å². The van der Waals surface area contributed by atoms with E-state index in [4.69, 9.17) is 0 Å². The predicted molar refractivity (Wildman–Crippen MR) is 60.0 cm³/mol. The maximum atomic E-state index is 2.30. The normalized spacial score (nSPS) is 13.1. The maximum absolute atomic E-state index is 2.30. The van der Waals surface area contributed by atoms with E-state index >= 15 is 0 Å². The molecule has 0 saturated heterocycles. The van der Waals surface area contributed by atoms with Crippen molar-refractivity contribution in [2.45, 2.75) is 23.1 Å². The van der Waals surface area contributed by atoms with E-state index in [0.29, 0.717) is 0 Å². The Hall–Kier alpha value is -0.157. The average Bonchev–Trinajstić information content (AvgIpc) is 2.51. The Bertz CT molecular complexity index is 326. The van der Waals surface area contributed by atoms with E-state index in [1.165, 1.54) is 22.6 Å². The molecule has 0 fully saturated rings. The van der Waals surface area contributed by atoms with E-state index in [0.717, 1.165) is 0 Å². The number of fused-ring (bicyclic) bond motifs is 1. The first-order chi connectivity index (χ1) is 6.70. The fourth-order valence-electron chi connectivity index (χ4n) is 1.54. The molecule has 0 heterocycles. The molecular formula is C13H17Zr. The van der Waals surface area contributed by atoms with Gasteiger partial charge in [0, 0.05) is 5.92 Å². The first kappa shape index (κ1) is 11.9. The van der Waals surface area contributed by atoms with E-state index in [-0.39, 0.29) is 23.2 Å². The molecule has 1 heteroatoms. The summed E-state index contributed by atoms with van der Waals surface area (Å²) in [5, 5.41) is 0. The van der Waals surface area contributed by atoms with Gasteiger partial charge >= 0.3 is 32.5 Å². The van der Waals surface area contributed by atoms with Gasteiger partial charge < -0.3 is 0 Å². The van der Waals surface area contributed by atoms with Gasteiger partial charge in [0.05, 0.1) is 0 Å². The van der Waals surface area contributed by atoms with Gasteiger partial charge in [-0.1, -0.05) is 37.3 Å². The van der Waals surface area contributed by atoms with Crippen LogP contribution in [0, 0.1) is 12.8 Å². The van der Waals surface area contributed by atoms with Crippen molar-refractivity contribution in [3.63, 3.8) is 0 Å². The number of rotatable bonds is 0. The summed E-state index contributed by atoms with van der Waals surface area (Å²) in [4.78, 5) is 0. The van der Waals surface area contributed by atoms with Gasteiger partial charge in [0.1, 0.15) is 0 Å². The summed E-state index contributed by atoms with van der Waals surface area (Å²) in [6, 6.07) is 6.45. The van der Waals surface area contributed by atoms with Crippen LogP contribution in [0.5, 0.6) is 0 Å². The van der Waals surface area contributed by atoms with Gasteiger partial charge in [-0.25, -0.2) is 0 Å². The van der Waals surface area contributed by atoms with Crippen LogP contribution in [0.25, 0.3) is 6.08 Å². The van der Waals surface area contributed by atoms with Crippen molar-refractivity contribution in [2.75, 3.05) is 0 Å². The molecule has 0 nitrogen and oxygen atoms in total. The summed E-state index contributed by atoms with van der Waals surface area (Å²) in [5.74, 6) is 1.38. The molecular weight excluding hydrogens is 247 g/mol. The summed E-state index contributed by atoms with van der Waals surface area (Å²) in [5.41, 5.74) is 4.16. The van der Waals surface area contributed by atoms with Gasteiger partial charge in [-0.05, 0) is 23.6 Å². The van der Waals surface area contributed by atoms with Gasteiger partial charge in [0.25, 0.3) is 0 Å². The van der Waals surface area contributed by atoms with Crippen LogP contribution in [-0.4, -0.2) is 0 Å². The molecule has 0 aliphatic heterocycles. The molecule has 0 atom stereocenters. The van der Waals surface area contributed by atoms with Gasteiger partial charge in [0.15, 0.2) is 0 Å². The second-order valence-corrected chi connectivity index (χ2v) is 6.01. The molecule has 0 amide bonds. The number of benzene rings is 1. The zero-order valence-corrected chi connectivity index (χ0v) is 11.8.